The van der Waals surface area contributed by atoms with Gasteiger partial charge in [0.05, 0.1) is 6.04 Å². The Hall–Kier alpha value is -0.390. The van der Waals surface area contributed by atoms with Crippen LogP contribution >= 0.6 is 0 Å². The van der Waals surface area contributed by atoms with Crippen LogP contribution in [0.25, 0.3) is 0 Å². The van der Waals surface area contributed by atoms with Crippen molar-refractivity contribution in [2.24, 2.45) is 5.73 Å². The van der Waals surface area contributed by atoms with Gasteiger partial charge in [0, 0.05) is 6.54 Å². The molecule has 0 radical (unpaired) electrons. The van der Waals surface area contributed by atoms with Crippen LogP contribution in [0.4, 0.5) is 4.79 Å². The van der Waals surface area contributed by atoms with E-state index in [0.29, 0.717) is 17.9 Å². The SMILES string of the molecule is NC(=O)[C@@H]1CC[C@@H]2CN1C(=O)N2OS(=O)(=O)O.[NaH]. The number of nitrogens with two attached hydrogens (primary N) is 1. The molecule has 2 aliphatic rings. The van der Waals surface area contributed by atoms with Crippen molar-refractivity contribution in [2.75, 3.05) is 6.54 Å². The predicted molar refractivity (Wildman–Crippen MR) is 59.7 cm³/mol. The van der Waals surface area contributed by atoms with Crippen molar-refractivity contribution in [2.45, 2.75) is 24.9 Å². The van der Waals surface area contributed by atoms with Gasteiger partial charge in [-0.05, 0) is 12.8 Å². The molecule has 2 saturated heterocycles. The molecular weight excluding hydrogens is 277 g/mol. The van der Waals surface area contributed by atoms with Crippen LogP contribution in [0.15, 0.2) is 0 Å². The van der Waals surface area contributed by atoms with Crippen LogP contribution in [0.5, 0.6) is 0 Å². The molecular formula is C7H12N3NaO6S. The number of hydrogen-bond acceptors (Lipinski definition) is 5. The zero-order valence-corrected chi connectivity index (χ0v) is 9.46. The number of fused-ring (bicyclic) bond motifs is 2. The summed E-state index contributed by atoms with van der Waals surface area (Å²) in [7, 11) is -4.75. The Bertz CT molecular complexity index is 468. The third-order valence-electron chi connectivity index (χ3n) is 2.83. The summed E-state index contributed by atoms with van der Waals surface area (Å²) in [4.78, 5) is 23.9. The average Bonchev–Trinajstić information content (AvgIpc) is 2.42. The van der Waals surface area contributed by atoms with Crippen LogP contribution in [-0.4, -0.2) is 83.1 Å². The molecule has 0 aromatic carbocycles. The van der Waals surface area contributed by atoms with E-state index in [0.717, 1.165) is 4.90 Å². The molecule has 2 bridgehead atoms. The molecule has 2 heterocycles. The van der Waals surface area contributed by atoms with Gasteiger partial charge in [-0.25, -0.2) is 4.79 Å². The minimum atomic E-state index is -4.75. The molecule has 98 valence electrons. The van der Waals surface area contributed by atoms with Gasteiger partial charge < -0.3 is 10.6 Å². The summed E-state index contributed by atoms with van der Waals surface area (Å²) in [6.45, 7) is 0.155. The van der Waals surface area contributed by atoms with Crippen LogP contribution in [-0.2, 0) is 19.5 Å². The molecule has 2 fully saturated rings. The molecule has 2 atom stereocenters. The molecule has 3 amide bonds. The number of nitrogens with zero attached hydrogens (tertiary/aromatic N) is 2. The van der Waals surface area contributed by atoms with Crippen LogP contribution < -0.4 is 5.73 Å². The molecule has 0 aliphatic carbocycles. The van der Waals surface area contributed by atoms with E-state index in [9.17, 15) is 18.0 Å². The Kier molecular flexibility index (Phi) is 4.62. The molecule has 0 aromatic rings. The number of urea groups is 1. The van der Waals surface area contributed by atoms with Gasteiger partial charge in [0.1, 0.15) is 6.04 Å². The maximum absolute atomic E-state index is 11.7. The van der Waals surface area contributed by atoms with E-state index in [1.165, 1.54) is 0 Å². The van der Waals surface area contributed by atoms with Gasteiger partial charge >= 0.3 is 46.0 Å². The van der Waals surface area contributed by atoms with Crippen molar-refractivity contribution in [1.82, 2.24) is 9.96 Å². The second-order valence-electron chi connectivity index (χ2n) is 3.91. The first kappa shape index (κ1) is 15.7. The molecule has 0 saturated carbocycles. The first-order valence-electron chi connectivity index (χ1n) is 4.86. The van der Waals surface area contributed by atoms with Crippen molar-refractivity contribution in [1.29, 1.82) is 0 Å². The second kappa shape index (κ2) is 5.31. The van der Waals surface area contributed by atoms with Crippen molar-refractivity contribution in [3.8, 4) is 0 Å². The Labute approximate surface area is 125 Å². The van der Waals surface area contributed by atoms with Crippen molar-refractivity contribution >= 4 is 51.9 Å². The van der Waals surface area contributed by atoms with Gasteiger partial charge in [-0.3, -0.25) is 9.35 Å². The van der Waals surface area contributed by atoms with Crippen molar-refractivity contribution in [3.05, 3.63) is 0 Å². The molecule has 0 unspecified atom stereocenters. The van der Waals surface area contributed by atoms with Gasteiger partial charge in [0.25, 0.3) is 0 Å². The van der Waals surface area contributed by atoms with E-state index in [1.807, 2.05) is 0 Å². The number of amides is 3. The van der Waals surface area contributed by atoms with E-state index in [2.05, 4.69) is 4.28 Å². The summed E-state index contributed by atoms with van der Waals surface area (Å²) < 4.78 is 33.8. The summed E-state index contributed by atoms with van der Waals surface area (Å²) in [5.74, 6) is -0.648. The van der Waals surface area contributed by atoms with Crippen molar-refractivity contribution in [3.63, 3.8) is 0 Å². The van der Waals surface area contributed by atoms with E-state index in [1.54, 1.807) is 0 Å². The Balaban J connectivity index is 0.00000162. The average molecular weight is 289 g/mol. The molecule has 0 aromatic heterocycles. The van der Waals surface area contributed by atoms with Crippen LogP contribution in [0.1, 0.15) is 12.8 Å². The summed E-state index contributed by atoms with van der Waals surface area (Å²) in [5.41, 5.74) is 5.13. The van der Waals surface area contributed by atoms with Crippen molar-refractivity contribution < 1.29 is 26.8 Å². The number of piperidine rings is 1. The second-order valence-corrected chi connectivity index (χ2v) is 4.92. The van der Waals surface area contributed by atoms with E-state index >= 15 is 0 Å². The molecule has 0 spiro atoms. The van der Waals surface area contributed by atoms with Gasteiger partial charge in [0.15, 0.2) is 0 Å². The molecule has 2 aliphatic heterocycles. The van der Waals surface area contributed by atoms with Crippen LogP contribution in [0.2, 0.25) is 0 Å². The van der Waals surface area contributed by atoms with Gasteiger partial charge in [-0.15, -0.1) is 4.28 Å². The molecule has 18 heavy (non-hydrogen) atoms. The fraction of sp³-hybridized carbons (Fsp3) is 0.714. The third-order valence-corrected chi connectivity index (χ3v) is 3.17. The maximum atomic E-state index is 11.7. The first-order valence-corrected chi connectivity index (χ1v) is 6.22. The van der Waals surface area contributed by atoms with Gasteiger partial charge in [0.2, 0.25) is 5.91 Å². The first-order chi connectivity index (χ1) is 7.79. The normalized spacial score (nSPS) is 27.1. The zero-order valence-electron chi connectivity index (χ0n) is 8.64. The zero-order chi connectivity index (χ0) is 12.8. The van der Waals surface area contributed by atoms with Gasteiger partial charge in [-0.2, -0.15) is 13.5 Å². The Morgan fingerprint density at radius 3 is 2.56 bits per heavy atom. The fourth-order valence-electron chi connectivity index (χ4n) is 2.13. The molecule has 2 rings (SSSR count). The molecule has 3 N–H and O–H groups in total. The number of carbonyl (C=O) groups is 2. The van der Waals surface area contributed by atoms with E-state index < -0.39 is 34.4 Å². The van der Waals surface area contributed by atoms with E-state index in [4.69, 9.17) is 10.3 Å². The van der Waals surface area contributed by atoms with Crippen LogP contribution in [0.3, 0.4) is 0 Å². The summed E-state index contributed by atoms with van der Waals surface area (Å²) in [6.07, 6.45) is 0.725. The third kappa shape index (κ3) is 2.95. The Morgan fingerprint density at radius 1 is 1.44 bits per heavy atom. The number of rotatable bonds is 3. The quantitative estimate of drug-likeness (QED) is 0.449. The summed E-state index contributed by atoms with van der Waals surface area (Å²) in [5, 5.41) is 0.568. The van der Waals surface area contributed by atoms with Gasteiger partial charge in [-0.1, -0.05) is 0 Å². The molecule has 11 heteroatoms. The Morgan fingerprint density at radius 2 is 2.06 bits per heavy atom. The number of hydrogen-bond donors (Lipinski definition) is 2. The summed E-state index contributed by atoms with van der Waals surface area (Å²) >= 11 is 0. The van der Waals surface area contributed by atoms with E-state index in [-0.39, 0.29) is 36.1 Å². The summed E-state index contributed by atoms with van der Waals surface area (Å²) in [6, 6.07) is -2.04. The minimum absolute atomic E-state index is 0. The number of primary amides is 1. The molecule has 9 nitrogen and oxygen atoms in total. The fourth-order valence-corrected chi connectivity index (χ4v) is 2.52. The topological polar surface area (TPSA) is 130 Å². The number of hydroxylamine groups is 2. The monoisotopic (exact) mass is 289 g/mol. The number of carbonyl (C=O) groups excluding carboxylic acids is 2. The van der Waals surface area contributed by atoms with Crippen LogP contribution in [0, 0.1) is 0 Å². The standard InChI is InChI=1S/C7H11N3O6S.Na.H/c8-6(11)5-2-1-4-3-9(5)7(12)10(4)16-17(13,14)15;;/h4-5H,1-3H2,(H2,8,11)(H,13,14,15);;/t4-,5+;;/m1../s1. The predicted octanol–water partition coefficient (Wildman–Crippen LogP) is -2.17.